The highest BCUT2D eigenvalue weighted by atomic mass is 32.2. The first kappa shape index (κ1) is 15.4. The Kier molecular flexibility index (Phi) is 4.23. The van der Waals surface area contributed by atoms with Crippen LogP contribution < -0.4 is 14.8 Å². The molecule has 1 aromatic heterocycles. The Labute approximate surface area is 137 Å². The van der Waals surface area contributed by atoms with E-state index < -0.39 is 9.84 Å². The van der Waals surface area contributed by atoms with Crippen LogP contribution in [0.3, 0.4) is 0 Å². The van der Waals surface area contributed by atoms with Gasteiger partial charge in [-0.3, -0.25) is 0 Å². The van der Waals surface area contributed by atoms with Crippen LogP contribution in [0.2, 0.25) is 0 Å². The van der Waals surface area contributed by atoms with Crippen LogP contribution in [0.15, 0.2) is 51.0 Å². The lowest BCUT2D eigenvalue weighted by Gasteiger charge is -2.18. The summed E-state index contributed by atoms with van der Waals surface area (Å²) >= 11 is 1.07. The molecule has 0 amide bonds. The van der Waals surface area contributed by atoms with E-state index in [4.69, 9.17) is 14.7 Å². The summed E-state index contributed by atoms with van der Waals surface area (Å²) < 4.78 is 35.6. The number of nitriles is 1. The van der Waals surface area contributed by atoms with Gasteiger partial charge in [-0.15, -0.1) is 11.3 Å². The van der Waals surface area contributed by atoms with Crippen molar-refractivity contribution in [2.75, 3.05) is 18.5 Å². The quantitative estimate of drug-likeness (QED) is 0.855. The fourth-order valence-corrected chi connectivity index (χ4v) is 4.18. The molecule has 1 N–H and O–H groups in total. The maximum Gasteiger partial charge on any atom is 0.227 e. The molecule has 2 heterocycles. The molecule has 23 heavy (non-hydrogen) atoms. The molecular weight excluding hydrogens is 336 g/mol. The normalized spacial score (nSPS) is 14.1. The number of rotatable bonds is 4. The van der Waals surface area contributed by atoms with Gasteiger partial charge in [-0.05, 0) is 23.6 Å². The Balaban J connectivity index is 1.85. The third-order valence-corrected chi connectivity index (χ3v) is 6.13. The molecule has 0 fully saturated rings. The number of fused-ring (bicyclic) bond motifs is 1. The van der Waals surface area contributed by atoms with Gasteiger partial charge < -0.3 is 14.8 Å². The molecule has 0 bridgehead atoms. The van der Waals surface area contributed by atoms with Gasteiger partial charge in [0.05, 0.1) is 0 Å². The summed E-state index contributed by atoms with van der Waals surface area (Å²) in [6, 6.07) is 9.96. The summed E-state index contributed by atoms with van der Waals surface area (Å²) in [6.45, 7) is 0.958. The third-order valence-electron chi connectivity index (χ3n) is 3.07. The van der Waals surface area contributed by atoms with Crippen LogP contribution in [-0.2, 0) is 9.84 Å². The van der Waals surface area contributed by atoms with E-state index in [0.29, 0.717) is 30.4 Å². The van der Waals surface area contributed by atoms with E-state index in [-0.39, 0.29) is 9.11 Å². The highest BCUT2D eigenvalue weighted by Gasteiger charge is 2.21. The zero-order valence-corrected chi connectivity index (χ0v) is 13.5. The van der Waals surface area contributed by atoms with Gasteiger partial charge in [0.1, 0.15) is 23.5 Å². The number of thiophene rings is 1. The van der Waals surface area contributed by atoms with E-state index in [1.54, 1.807) is 35.7 Å². The summed E-state index contributed by atoms with van der Waals surface area (Å²) in [4.78, 5) is -0.352. The number of ether oxygens (including phenoxy) is 2. The number of allylic oxidation sites excluding steroid dienone is 1. The van der Waals surface area contributed by atoms with Crippen LogP contribution in [0.25, 0.3) is 0 Å². The lowest BCUT2D eigenvalue weighted by Crippen LogP contribution is -2.15. The van der Waals surface area contributed by atoms with Crippen molar-refractivity contribution in [2.24, 2.45) is 0 Å². The molecule has 6 nitrogen and oxygen atoms in total. The van der Waals surface area contributed by atoms with Gasteiger partial charge in [0.2, 0.25) is 9.84 Å². The van der Waals surface area contributed by atoms with Crippen LogP contribution in [0.4, 0.5) is 5.69 Å². The zero-order chi connectivity index (χ0) is 16.3. The molecule has 0 unspecified atom stereocenters. The predicted octanol–water partition coefficient (Wildman–Crippen LogP) is 2.77. The number of anilines is 1. The van der Waals surface area contributed by atoms with Gasteiger partial charge in [0.25, 0.3) is 0 Å². The predicted molar refractivity (Wildman–Crippen MR) is 86.3 cm³/mol. The number of hydrogen-bond acceptors (Lipinski definition) is 7. The Bertz CT molecular complexity index is 881. The van der Waals surface area contributed by atoms with Crippen molar-refractivity contribution in [3.8, 4) is 17.6 Å². The molecule has 1 aliphatic rings. The van der Waals surface area contributed by atoms with E-state index in [0.717, 1.165) is 11.3 Å². The Morgan fingerprint density at radius 2 is 2.04 bits per heavy atom. The van der Waals surface area contributed by atoms with Gasteiger partial charge in [0, 0.05) is 18.0 Å². The Morgan fingerprint density at radius 1 is 1.26 bits per heavy atom. The first-order valence-corrected chi connectivity index (χ1v) is 9.02. The molecule has 0 aliphatic carbocycles. The Morgan fingerprint density at radius 3 is 2.74 bits per heavy atom. The second-order valence-corrected chi connectivity index (χ2v) is 7.65. The maximum absolute atomic E-state index is 12.3. The summed E-state index contributed by atoms with van der Waals surface area (Å²) in [5, 5.41) is 13.6. The third kappa shape index (κ3) is 3.16. The zero-order valence-electron chi connectivity index (χ0n) is 11.9. The lowest BCUT2D eigenvalue weighted by molar-refractivity contribution is 0.171. The fraction of sp³-hybridized carbons (Fsp3) is 0.133. The van der Waals surface area contributed by atoms with Crippen LogP contribution >= 0.6 is 11.3 Å². The van der Waals surface area contributed by atoms with Gasteiger partial charge in [-0.2, -0.15) is 5.26 Å². The van der Waals surface area contributed by atoms with Crippen molar-refractivity contribution in [1.82, 2.24) is 0 Å². The molecule has 0 spiro atoms. The van der Waals surface area contributed by atoms with Crippen LogP contribution in [-0.4, -0.2) is 21.6 Å². The first-order chi connectivity index (χ1) is 11.1. The van der Waals surface area contributed by atoms with E-state index >= 15 is 0 Å². The number of hydrogen-bond donors (Lipinski definition) is 1. The smallest absolute Gasteiger partial charge is 0.227 e. The van der Waals surface area contributed by atoms with Crippen molar-refractivity contribution in [3.63, 3.8) is 0 Å². The molecule has 118 valence electrons. The topological polar surface area (TPSA) is 88.4 Å². The van der Waals surface area contributed by atoms with Crippen molar-refractivity contribution in [3.05, 3.63) is 46.8 Å². The van der Waals surface area contributed by atoms with Crippen molar-refractivity contribution >= 4 is 26.9 Å². The van der Waals surface area contributed by atoms with Crippen molar-refractivity contribution in [2.45, 2.75) is 4.21 Å². The average molecular weight is 348 g/mol. The molecule has 8 heteroatoms. The first-order valence-electron chi connectivity index (χ1n) is 6.66. The molecule has 0 saturated carbocycles. The number of sulfone groups is 1. The van der Waals surface area contributed by atoms with Crippen molar-refractivity contribution in [1.29, 1.82) is 5.26 Å². The summed E-state index contributed by atoms with van der Waals surface area (Å²) in [5.41, 5.74) is 0.600. The van der Waals surface area contributed by atoms with E-state index in [1.165, 1.54) is 12.3 Å². The number of benzene rings is 1. The number of nitrogens with zero attached hydrogens (tertiary/aromatic N) is 1. The summed E-state index contributed by atoms with van der Waals surface area (Å²) in [6.07, 6.45) is 1.18. The monoisotopic (exact) mass is 348 g/mol. The van der Waals surface area contributed by atoms with Gasteiger partial charge in [-0.25, -0.2) is 8.42 Å². The van der Waals surface area contributed by atoms with Crippen molar-refractivity contribution < 1.29 is 17.9 Å². The molecule has 0 atom stereocenters. The fourth-order valence-electron chi connectivity index (χ4n) is 1.98. The summed E-state index contributed by atoms with van der Waals surface area (Å²) in [7, 11) is -3.80. The number of nitrogens with one attached hydrogen (secondary N) is 1. The Hall–Kier alpha value is -2.50. The highest BCUT2D eigenvalue weighted by molar-refractivity contribution is 7.97. The minimum absolute atomic E-state index is 0.134. The highest BCUT2D eigenvalue weighted by Crippen LogP contribution is 2.32. The SMILES string of the molecule is N#CC(=CNc1ccc2c(c1)OCCO2)S(=O)(=O)c1cccs1. The standard InChI is InChI=1S/C15H12N2O4S2/c16-9-12(23(18,19)15-2-1-7-22-15)10-17-11-3-4-13-14(8-11)21-6-5-20-13/h1-4,7-8,10,17H,5-6H2. The molecule has 0 saturated heterocycles. The van der Waals surface area contributed by atoms with E-state index in [2.05, 4.69) is 5.32 Å². The average Bonchev–Trinajstić information content (AvgIpc) is 3.10. The van der Waals surface area contributed by atoms with Gasteiger partial charge in [0.15, 0.2) is 16.4 Å². The minimum atomic E-state index is -3.80. The molecule has 3 rings (SSSR count). The molecular formula is C15H12N2O4S2. The minimum Gasteiger partial charge on any atom is -0.486 e. The maximum atomic E-state index is 12.3. The molecule has 2 aromatic rings. The second kappa shape index (κ2) is 6.32. The second-order valence-electron chi connectivity index (χ2n) is 4.56. The molecule has 0 radical (unpaired) electrons. The lowest BCUT2D eigenvalue weighted by atomic mass is 10.2. The van der Waals surface area contributed by atoms with Crippen LogP contribution in [0.1, 0.15) is 0 Å². The van der Waals surface area contributed by atoms with Crippen LogP contribution in [0, 0.1) is 11.3 Å². The van der Waals surface area contributed by atoms with Crippen LogP contribution in [0.5, 0.6) is 11.5 Å². The van der Waals surface area contributed by atoms with E-state index in [9.17, 15) is 8.42 Å². The van der Waals surface area contributed by atoms with Gasteiger partial charge >= 0.3 is 0 Å². The molecule has 1 aromatic carbocycles. The molecule has 1 aliphatic heterocycles. The van der Waals surface area contributed by atoms with E-state index in [1.807, 2.05) is 0 Å². The largest absolute Gasteiger partial charge is 0.486 e. The van der Waals surface area contributed by atoms with Gasteiger partial charge in [-0.1, -0.05) is 6.07 Å². The summed E-state index contributed by atoms with van der Waals surface area (Å²) in [5.74, 6) is 1.21.